The van der Waals surface area contributed by atoms with E-state index < -0.39 is 0 Å². The van der Waals surface area contributed by atoms with E-state index in [-0.39, 0.29) is 18.3 Å². The zero-order chi connectivity index (χ0) is 26.4. The van der Waals surface area contributed by atoms with Crippen LogP contribution in [0.25, 0.3) is 22.0 Å². The van der Waals surface area contributed by atoms with Crippen molar-refractivity contribution in [2.24, 2.45) is 0 Å². The van der Waals surface area contributed by atoms with Crippen LogP contribution in [0.3, 0.4) is 0 Å². The topological polar surface area (TPSA) is 82.5 Å². The van der Waals surface area contributed by atoms with E-state index in [1.54, 1.807) is 14.2 Å². The fourth-order valence-electron chi connectivity index (χ4n) is 5.98. The summed E-state index contributed by atoms with van der Waals surface area (Å²) in [7, 11) is 5.20. The highest BCUT2D eigenvalue weighted by Crippen LogP contribution is 2.44. The maximum Gasteiger partial charge on any atom is 0.262 e. The molecule has 1 fully saturated rings. The normalized spacial score (nSPS) is 16.7. The number of pyridine rings is 1. The Bertz CT molecular complexity index is 1470. The number of carbonyl (C=O) groups excluding carboxylic acids is 1. The molecule has 4 heterocycles. The Labute approximate surface area is 221 Å². The van der Waals surface area contributed by atoms with Gasteiger partial charge in [0.05, 0.1) is 25.3 Å². The van der Waals surface area contributed by atoms with Gasteiger partial charge in [0.2, 0.25) is 12.7 Å². The van der Waals surface area contributed by atoms with Gasteiger partial charge in [-0.25, -0.2) is 0 Å². The van der Waals surface area contributed by atoms with Gasteiger partial charge in [-0.15, -0.1) is 0 Å². The Morgan fingerprint density at radius 3 is 2.50 bits per heavy atom. The molecule has 3 aromatic rings. The van der Waals surface area contributed by atoms with E-state index in [0.717, 1.165) is 72.5 Å². The van der Waals surface area contributed by atoms with E-state index in [2.05, 4.69) is 11.9 Å². The quantitative estimate of drug-likeness (QED) is 0.513. The first-order valence-electron chi connectivity index (χ1n) is 13.2. The predicted octanol–water partition coefficient (Wildman–Crippen LogP) is 3.07. The summed E-state index contributed by atoms with van der Waals surface area (Å²) in [4.78, 5) is 31.6. The van der Waals surface area contributed by atoms with Gasteiger partial charge < -0.3 is 33.3 Å². The molecule has 38 heavy (non-hydrogen) atoms. The Balaban J connectivity index is 1.54. The zero-order valence-electron chi connectivity index (χ0n) is 22.2. The highest BCUT2D eigenvalue weighted by atomic mass is 16.7. The molecule has 6 rings (SSSR count). The average molecular weight is 520 g/mol. The predicted molar refractivity (Wildman–Crippen MR) is 144 cm³/mol. The molecule has 0 bridgehead atoms. The number of ether oxygens (including phenoxy) is 4. The van der Waals surface area contributed by atoms with Crippen LogP contribution in [-0.4, -0.2) is 74.5 Å². The number of nitrogens with zero attached hydrogens (tertiary/aromatic N) is 3. The number of fused-ring (bicyclic) bond motifs is 5. The molecule has 0 radical (unpaired) electrons. The van der Waals surface area contributed by atoms with Crippen LogP contribution in [0.15, 0.2) is 29.1 Å². The van der Waals surface area contributed by atoms with Gasteiger partial charge in [0.1, 0.15) is 0 Å². The van der Waals surface area contributed by atoms with Gasteiger partial charge in [-0.2, -0.15) is 0 Å². The maximum absolute atomic E-state index is 14.1. The number of amides is 1. The molecule has 0 atom stereocenters. The van der Waals surface area contributed by atoms with Crippen molar-refractivity contribution in [3.05, 3.63) is 45.7 Å². The van der Waals surface area contributed by atoms with Gasteiger partial charge in [-0.05, 0) is 67.1 Å². The van der Waals surface area contributed by atoms with Gasteiger partial charge in [0, 0.05) is 44.7 Å². The standard InChI is InChI=1S/C29H33N3O6/c1-30-11-13-31(14-12-30)25(33)9-7-20-19-6-8-22(35-2)28(36-3)26(19)29(34)32-10-4-5-18-15-23-24(38-17-37-23)16-21(18)27(20)32/h6,8,15-16H,4-5,7,9-14,17H2,1-3H3. The SMILES string of the molecule is COc1ccc2c(CCC(=O)N3CCN(C)CC3)c3n(c(=O)c2c1OC)CCCc1cc2c(cc1-3)OCO2. The maximum atomic E-state index is 14.1. The molecular formula is C29H33N3O6. The molecule has 9 nitrogen and oxygen atoms in total. The summed E-state index contributed by atoms with van der Waals surface area (Å²) in [6.07, 6.45) is 2.47. The first-order valence-corrected chi connectivity index (χ1v) is 13.2. The van der Waals surface area contributed by atoms with Crippen molar-refractivity contribution >= 4 is 16.7 Å². The third kappa shape index (κ3) is 4.05. The minimum Gasteiger partial charge on any atom is -0.493 e. The molecule has 3 aliphatic heterocycles. The van der Waals surface area contributed by atoms with Gasteiger partial charge in [-0.3, -0.25) is 9.59 Å². The van der Waals surface area contributed by atoms with Crippen LogP contribution in [-0.2, 0) is 24.2 Å². The van der Waals surface area contributed by atoms with Crippen LogP contribution >= 0.6 is 0 Å². The van der Waals surface area contributed by atoms with Crippen molar-refractivity contribution in [1.82, 2.24) is 14.4 Å². The van der Waals surface area contributed by atoms with Crippen LogP contribution in [0.5, 0.6) is 23.0 Å². The second-order valence-corrected chi connectivity index (χ2v) is 10.2. The molecule has 0 spiro atoms. The lowest BCUT2D eigenvalue weighted by Crippen LogP contribution is -2.47. The van der Waals surface area contributed by atoms with Crippen molar-refractivity contribution < 1.29 is 23.7 Å². The summed E-state index contributed by atoms with van der Waals surface area (Å²) in [6.45, 7) is 3.97. The van der Waals surface area contributed by atoms with Crippen LogP contribution in [0.2, 0.25) is 0 Å². The fraction of sp³-hybridized carbons (Fsp3) is 0.448. The lowest BCUT2D eigenvalue weighted by Gasteiger charge is -2.32. The largest absolute Gasteiger partial charge is 0.493 e. The molecule has 1 aromatic heterocycles. The van der Waals surface area contributed by atoms with Crippen molar-refractivity contribution in [2.45, 2.75) is 32.2 Å². The average Bonchev–Trinajstić information content (AvgIpc) is 3.31. The summed E-state index contributed by atoms with van der Waals surface area (Å²) in [5.41, 5.74) is 3.77. The highest BCUT2D eigenvalue weighted by Gasteiger charge is 2.29. The van der Waals surface area contributed by atoms with Gasteiger partial charge >= 0.3 is 0 Å². The second kappa shape index (κ2) is 9.87. The molecule has 2 aromatic carbocycles. The van der Waals surface area contributed by atoms with Crippen molar-refractivity contribution in [2.75, 3.05) is 54.2 Å². The summed E-state index contributed by atoms with van der Waals surface area (Å²) >= 11 is 0. The summed E-state index contributed by atoms with van der Waals surface area (Å²) in [5.74, 6) is 2.48. The van der Waals surface area contributed by atoms with Gasteiger partial charge in [0.25, 0.3) is 5.56 Å². The summed E-state index contributed by atoms with van der Waals surface area (Å²) in [6, 6.07) is 7.79. The summed E-state index contributed by atoms with van der Waals surface area (Å²) in [5, 5.41) is 1.28. The third-order valence-electron chi connectivity index (χ3n) is 8.01. The molecule has 200 valence electrons. The molecule has 0 unspecified atom stereocenters. The number of methoxy groups -OCH3 is 2. The number of benzene rings is 2. The van der Waals surface area contributed by atoms with Crippen LogP contribution < -0.4 is 24.5 Å². The van der Waals surface area contributed by atoms with E-state index >= 15 is 0 Å². The van der Waals surface area contributed by atoms with E-state index in [4.69, 9.17) is 18.9 Å². The number of aryl methyl sites for hydroxylation is 2. The molecule has 1 saturated heterocycles. The molecule has 0 aliphatic carbocycles. The number of hydrogen-bond donors (Lipinski definition) is 0. The minimum atomic E-state index is -0.120. The second-order valence-electron chi connectivity index (χ2n) is 10.2. The van der Waals surface area contributed by atoms with E-state index in [9.17, 15) is 9.59 Å². The number of carbonyl (C=O) groups is 1. The Kier molecular flexibility index (Phi) is 6.39. The van der Waals surface area contributed by atoms with Crippen molar-refractivity contribution in [3.63, 3.8) is 0 Å². The molecule has 3 aliphatic rings. The molecule has 9 heteroatoms. The number of rotatable bonds is 5. The molecule has 0 N–H and O–H groups in total. The molecule has 1 amide bonds. The Morgan fingerprint density at radius 1 is 1.00 bits per heavy atom. The number of piperazine rings is 1. The van der Waals surface area contributed by atoms with Gasteiger partial charge in [0.15, 0.2) is 23.0 Å². The monoisotopic (exact) mass is 519 g/mol. The number of hydrogen-bond acceptors (Lipinski definition) is 7. The molecule has 0 saturated carbocycles. The Hall–Kier alpha value is -3.72. The third-order valence-corrected chi connectivity index (χ3v) is 8.01. The van der Waals surface area contributed by atoms with Crippen molar-refractivity contribution in [3.8, 4) is 34.3 Å². The number of aromatic nitrogens is 1. The lowest BCUT2D eigenvalue weighted by molar-refractivity contribution is -0.132. The molecular weight excluding hydrogens is 486 g/mol. The lowest BCUT2D eigenvalue weighted by atomic mass is 9.92. The van der Waals surface area contributed by atoms with Crippen LogP contribution in [0, 0.1) is 0 Å². The first-order chi connectivity index (χ1) is 18.5. The smallest absolute Gasteiger partial charge is 0.262 e. The first kappa shape index (κ1) is 24.6. The highest BCUT2D eigenvalue weighted by molar-refractivity contribution is 5.96. The van der Waals surface area contributed by atoms with E-state index in [0.29, 0.717) is 42.0 Å². The van der Waals surface area contributed by atoms with Crippen LogP contribution in [0.4, 0.5) is 0 Å². The van der Waals surface area contributed by atoms with E-state index in [1.807, 2.05) is 33.7 Å². The van der Waals surface area contributed by atoms with Gasteiger partial charge in [-0.1, -0.05) is 0 Å². The zero-order valence-corrected chi connectivity index (χ0v) is 22.2. The minimum absolute atomic E-state index is 0.120. The van der Waals surface area contributed by atoms with Crippen LogP contribution in [0.1, 0.15) is 24.0 Å². The summed E-state index contributed by atoms with van der Waals surface area (Å²) < 4.78 is 24.5. The fourth-order valence-corrected chi connectivity index (χ4v) is 5.98. The number of likely N-dealkylation sites (N-methyl/N-ethyl adjacent to an activating group) is 1. The Morgan fingerprint density at radius 2 is 1.76 bits per heavy atom. The van der Waals surface area contributed by atoms with E-state index in [1.165, 1.54) is 0 Å². The van der Waals surface area contributed by atoms with Crippen molar-refractivity contribution in [1.29, 1.82) is 0 Å².